The third-order valence-corrected chi connectivity index (χ3v) is 16.9. The van der Waals surface area contributed by atoms with Crippen LogP contribution < -0.4 is 0 Å². The van der Waals surface area contributed by atoms with Crippen LogP contribution in [0.2, 0.25) is 0 Å². The van der Waals surface area contributed by atoms with Crippen molar-refractivity contribution in [3.8, 4) is 23.7 Å². The van der Waals surface area contributed by atoms with Gasteiger partial charge in [-0.15, -0.1) is 0 Å². The van der Waals surface area contributed by atoms with Crippen molar-refractivity contribution in [1.29, 1.82) is 0 Å². The van der Waals surface area contributed by atoms with Gasteiger partial charge in [-0.05, 0) is 90.6 Å². The summed E-state index contributed by atoms with van der Waals surface area (Å²) in [6.45, 7) is -1.81. The molecule has 0 saturated carbocycles. The molecule has 0 amide bonds. The predicted octanol–water partition coefficient (Wildman–Crippen LogP) is 8.05. The normalized spacial score (nSPS) is 28.3. The third-order valence-electron chi connectivity index (χ3n) is 13.9. The molecule has 4 fully saturated rings. The first kappa shape index (κ1) is 52.4. The minimum atomic E-state index is -5.11. The zero-order valence-electron chi connectivity index (χ0n) is 40.1. The van der Waals surface area contributed by atoms with Gasteiger partial charge in [-0.1, -0.05) is 103 Å². The van der Waals surface area contributed by atoms with Crippen molar-refractivity contribution in [2.24, 2.45) is 0 Å². The second-order valence-electron chi connectivity index (χ2n) is 18.9. The molecule has 13 atom stereocenters. The van der Waals surface area contributed by atoms with Crippen molar-refractivity contribution in [2.75, 3.05) is 39.6 Å². The molecule has 11 rings (SSSR count). The summed E-state index contributed by atoms with van der Waals surface area (Å²) in [7, 11) is -14.8. The van der Waals surface area contributed by atoms with Crippen LogP contribution in [0.3, 0.4) is 0 Å². The Kier molecular flexibility index (Phi) is 15.3. The summed E-state index contributed by atoms with van der Waals surface area (Å²) < 4.78 is 96.4. The minimum absolute atomic E-state index is 0.0794. The van der Waals surface area contributed by atoms with E-state index in [2.05, 4.69) is 60.1 Å². The van der Waals surface area contributed by atoms with Crippen molar-refractivity contribution in [1.82, 2.24) is 0 Å². The van der Waals surface area contributed by atoms with Crippen LogP contribution in [-0.2, 0) is 59.8 Å². The lowest BCUT2D eigenvalue weighted by Crippen LogP contribution is -2.31. The Morgan fingerprint density at radius 1 is 0.520 bits per heavy atom. The average molecular weight is 1080 g/mol. The molecule has 0 spiro atoms. The lowest BCUT2D eigenvalue weighted by Gasteiger charge is -2.25. The highest BCUT2D eigenvalue weighted by atomic mass is 31.2. The van der Waals surface area contributed by atoms with Crippen LogP contribution in [-0.4, -0.2) is 126 Å². The second-order valence-corrected chi connectivity index (χ2v) is 23.2. The van der Waals surface area contributed by atoms with E-state index in [1.807, 2.05) is 72.8 Å². The van der Waals surface area contributed by atoms with E-state index >= 15 is 0 Å². The molecule has 4 aliphatic heterocycles. The van der Waals surface area contributed by atoms with E-state index in [0.717, 1.165) is 53.9 Å². The summed E-state index contributed by atoms with van der Waals surface area (Å²) in [4.78, 5) is 32.9. The molecule has 3 unspecified atom stereocenters. The van der Waals surface area contributed by atoms with Crippen molar-refractivity contribution >= 4 is 77.3 Å². The van der Waals surface area contributed by atoms with Crippen molar-refractivity contribution < 1.29 is 84.7 Å². The first-order valence-corrected chi connectivity index (χ1v) is 29.1. The quantitative estimate of drug-likeness (QED) is 0.0266. The number of ether oxygens (including phenoxy) is 4. The fraction of sp³-hybridized carbons (Fsp3) is 0.370. The summed E-state index contributed by atoms with van der Waals surface area (Å²) in [5.41, 5.74) is 1.37. The molecule has 7 aromatic rings. The van der Waals surface area contributed by atoms with Crippen LogP contribution in [0.15, 0.2) is 109 Å². The van der Waals surface area contributed by atoms with Gasteiger partial charge in [0.1, 0.15) is 54.9 Å². The zero-order chi connectivity index (χ0) is 51.9. The van der Waals surface area contributed by atoms with E-state index in [1.54, 1.807) is 0 Å². The minimum Gasteiger partial charge on any atom is -0.394 e. The van der Waals surface area contributed by atoms with Crippen molar-refractivity contribution in [3.63, 3.8) is 0 Å². The maximum atomic E-state index is 13.9. The SMILES string of the molecule is O=P(O)(OC[C@H]1O[C@@H](C#Cc2ccc3ccc4cccc5ccc2c3c45)C[C@@H]1OP(=O)(O)OC[C@H]1O[C@@H](C#Cc2ccc3cc4ccccc4cc3c2)C[C@@H]1OP(=O)(O)OC[C@H]1OCC[C@@H]1O)O[C@H]1CCO[C@@H]1CO. The zero-order valence-corrected chi connectivity index (χ0v) is 42.8. The Labute approximate surface area is 430 Å². The monoisotopic (exact) mass is 1080 g/mol. The lowest BCUT2D eigenvalue weighted by atomic mass is 9.92. The molecule has 392 valence electrons. The number of fused-ring (bicyclic) bond motifs is 2. The third kappa shape index (κ3) is 12.1. The number of aliphatic hydroxyl groups excluding tert-OH is 2. The Balaban J connectivity index is 0.810. The largest absolute Gasteiger partial charge is 0.472 e. The van der Waals surface area contributed by atoms with E-state index in [-0.39, 0.29) is 32.5 Å². The van der Waals surface area contributed by atoms with Crippen molar-refractivity contribution in [2.45, 2.75) is 86.7 Å². The molecule has 4 saturated heterocycles. The van der Waals surface area contributed by atoms with Gasteiger partial charge in [-0.2, -0.15) is 0 Å². The molecule has 0 aromatic heterocycles. The van der Waals surface area contributed by atoms with Crippen LogP contribution in [0, 0.1) is 23.7 Å². The van der Waals surface area contributed by atoms with Crippen LogP contribution in [0.25, 0.3) is 53.9 Å². The molecular weight excluding hydrogens is 1030 g/mol. The summed E-state index contributed by atoms with van der Waals surface area (Å²) in [6.07, 6.45) is -10.1. The van der Waals surface area contributed by atoms with E-state index in [4.69, 9.17) is 46.1 Å². The predicted molar refractivity (Wildman–Crippen MR) is 276 cm³/mol. The van der Waals surface area contributed by atoms with E-state index in [9.17, 15) is 38.6 Å². The summed E-state index contributed by atoms with van der Waals surface area (Å²) >= 11 is 0. The smallest absolute Gasteiger partial charge is 0.394 e. The molecule has 5 N–H and O–H groups in total. The van der Waals surface area contributed by atoms with Gasteiger partial charge in [0.05, 0.1) is 32.5 Å². The highest BCUT2D eigenvalue weighted by Crippen LogP contribution is 2.52. The Bertz CT molecular complexity index is 3500. The summed E-state index contributed by atoms with van der Waals surface area (Å²) in [6, 6.07) is 36.1. The number of hydrogen-bond donors (Lipinski definition) is 5. The number of rotatable bonds is 16. The molecule has 4 aliphatic rings. The maximum Gasteiger partial charge on any atom is 0.472 e. The fourth-order valence-electron chi connectivity index (χ4n) is 10.1. The topological polar surface area (TPSA) is 245 Å². The molecular formula is C54H53O18P3. The summed E-state index contributed by atoms with van der Waals surface area (Å²) in [5, 5.41) is 30.3. The lowest BCUT2D eigenvalue weighted by molar-refractivity contribution is -0.0363. The number of benzene rings is 7. The summed E-state index contributed by atoms with van der Waals surface area (Å²) in [5.74, 6) is 12.5. The molecule has 0 aliphatic carbocycles. The first-order valence-electron chi connectivity index (χ1n) is 24.6. The first-order chi connectivity index (χ1) is 36.1. The van der Waals surface area contributed by atoms with E-state index in [0.29, 0.717) is 17.5 Å². The van der Waals surface area contributed by atoms with Gasteiger partial charge >= 0.3 is 23.5 Å². The second kappa shape index (κ2) is 22.0. The molecule has 0 bridgehead atoms. The highest BCUT2D eigenvalue weighted by molar-refractivity contribution is 7.48. The number of hydrogen-bond acceptors (Lipinski definition) is 15. The van der Waals surface area contributed by atoms with Crippen LogP contribution in [0.4, 0.5) is 0 Å². The van der Waals surface area contributed by atoms with Gasteiger partial charge in [0.2, 0.25) is 0 Å². The molecule has 0 radical (unpaired) electrons. The Morgan fingerprint density at radius 3 is 1.65 bits per heavy atom. The maximum absolute atomic E-state index is 13.9. The molecule has 4 heterocycles. The van der Waals surface area contributed by atoms with E-state index < -0.39 is 111 Å². The van der Waals surface area contributed by atoms with Gasteiger partial charge in [-0.25, -0.2) is 13.7 Å². The average Bonchev–Trinajstić information content (AvgIpc) is 4.21. The standard InChI is InChI=1S/C54H53O18P3/c55-29-49-46(21-23-63-49)70-73(57,58)66-31-52-48(28-43(69-52)18-15-34-11-12-37-14-13-35-6-3-7-36-16-19-44(34)54(37)53(35)36)72-75(61,62)67-32-51-47(71-74(59,60)65-30-50-45(56)20-22-64-50)27-42(68-51)17-9-33-8-10-40-25-38-4-1-2-5-39(38)26-41(40)24-33/h1-8,10-14,16,19,24-26,42-43,45-52,55-56H,20-23,27-32H2,(H,57,58)(H,59,60)(H,61,62)/t42-,43-,45-,46-,47-,48-,49+,50+,51+,52+/m0/s1. The number of aliphatic hydroxyl groups is 2. The van der Waals surface area contributed by atoms with Crippen LogP contribution in [0.1, 0.15) is 36.8 Å². The number of phosphoric acid groups is 3. The fourth-order valence-corrected chi connectivity index (χ4v) is 13.0. The van der Waals surface area contributed by atoms with Gasteiger partial charge < -0.3 is 43.8 Å². The van der Waals surface area contributed by atoms with Crippen LogP contribution in [0.5, 0.6) is 0 Å². The Hall–Kier alpha value is -4.69. The van der Waals surface area contributed by atoms with Gasteiger partial charge in [-0.3, -0.25) is 27.1 Å². The number of phosphoric ester groups is 3. The van der Waals surface area contributed by atoms with Gasteiger partial charge in [0.15, 0.2) is 0 Å². The van der Waals surface area contributed by atoms with Gasteiger partial charge in [0, 0.05) is 43.6 Å². The van der Waals surface area contributed by atoms with Gasteiger partial charge in [0.25, 0.3) is 0 Å². The molecule has 21 heteroatoms. The highest BCUT2D eigenvalue weighted by Gasteiger charge is 2.46. The van der Waals surface area contributed by atoms with E-state index in [1.165, 1.54) is 0 Å². The van der Waals surface area contributed by atoms with Crippen LogP contribution >= 0.6 is 23.5 Å². The van der Waals surface area contributed by atoms with Crippen molar-refractivity contribution in [3.05, 3.63) is 120 Å². The molecule has 75 heavy (non-hydrogen) atoms. The molecule has 18 nitrogen and oxygen atoms in total. The Morgan fingerprint density at radius 2 is 1.03 bits per heavy atom. The molecule has 7 aromatic carbocycles.